The lowest BCUT2D eigenvalue weighted by Crippen LogP contribution is -2.31. The summed E-state index contributed by atoms with van der Waals surface area (Å²) in [6.45, 7) is 3.60. The van der Waals surface area contributed by atoms with Crippen molar-refractivity contribution in [3.8, 4) is 5.75 Å². The molecule has 1 aromatic heterocycles. The first-order valence-electron chi connectivity index (χ1n) is 10.8. The fraction of sp³-hybridized carbons (Fsp3) is 0.125. The number of oxazole rings is 1. The third-order valence-corrected chi connectivity index (χ3v) is 7.93. The standard InChI is InChI=1S/C24H24N4O7S2/c1-16-8-12-18(13-9-16)36(30,31)26-23-22(25-20-6-4-5-7-21(20)34-3)28(24(29)35-23)27-37(32,33)19-14-10-17(2)11-15-19/h4-15,25-27H,1-3H3. The number of benzene rings is 3. The van der Waals surface area contributed by atoms with Gasteiger partial charge in [-0.15, -0.1) is 0 Å². The Morgan fingerprint density at radius 2 is 1.32 bits per heavy atom. The van der Waals surface area contributed by atoms with Crippen LogP contribution in [0.3, 0.4) is 0 Å². The fourth-order valence-electron chi connectivity index (χ4n) is 3.30. The van der Waals surface area contributed by atoms with Crippen molar-refractivity contribution in [3.05, 3.63) is 94.5 Å². The molecule has 11 nitrogen and oxygen atoms in total. The number of aryl methyl sites for hydroxylation is 2. The Hall–Kier alpha value is -4.23. The van der Waals surface area contributed by atoms with Gasteiger partial charge in [0.15, 0.2) is 5.82 Å². The Kier molecular flexibility index (Phi) is 7.01. The van der Waals surface area contributed by atoms with Crippen LogP contribution in [0, 0.1) is 13.8 Å². The second kappa shape index (κ2) is 10.0. The summed E-state index contributed by atoms with van der Waals surface area (Å²) < 4.78 is 65.4. The van der Waals surface area contributed by atoms with E-state index in [-0.39, 0.29) is 15.6 Å². The first-order chi connectivity index (χ1) is 17.5. The van der Waals surface area contributed by atoms with Crippen molar-refractivity contribution in [2.75, 3.05) is 22.0 Å². The molecule has 0 aliphatic carbocycles. The molecule has 4 aromatic rings. The number of rotatable bonds is 9. The molecule has 0 fully saturated rings. The highest BCUT2D eigenvalue weighted by atomic mass is 32.2. The fourth-order valence-corrected chi connectivity index (χ4v) is 5.30. The number of nitrogens with one attached hydrogen (secondary N) is 3. The quantitative estimate of drug-likeness (QED) is 0.290. The molecule has 1 heterocycles. The second-order valence-electron chi connectivity index (χ2n) is 8.03. The van der Waals surface area contributed by atoms with E-state index in [1.807, 2.05) is 0 Å². The second-order valence-corrected chi connectivity index (χ2v) is 11.4. The van der Waals surface area contributed by atoms with Crippen LogP contribution < -0.4 is 25.4 Å². The molecule has 0 saturated heterocycles. The van der Waals surface area contributed by atoms with Crippen LogP contribution in [-0.2, 0) is 20.0 Å². The largest absolute Gasteiger partial charge is 0.495 e. The monoisotopic (exact) mass is 544 g/mol. The predicted molar refractivity (Wildman–Crippen MR) is 139 cm³/mol. The van der Waals surface area contributed by atoms with Gasteiger partial charge in [0.25, 0.3) is 25.9 Å². The molecule has 13 heteroatoms. The number of anilines is 3. The Balaban J connectivity index is 1.81. The molecule has 194 valence electrons. The van der Waals surface area contributed by atoms with E-state index in [9.17, 15) is 21.6 Å². The Morgan fingerprint density at radius 3 is 1.89 bits per heavy atom. The third-order valence-electron chi connectivity index (χ3n) is 5.27. The van der Waals surface area contributed by atoms with Crippen LogP contribution in [-0.4, -0.2) is 28.6 Å². The molecule has 0 bridgehead atoms. The molecule has 4 rings (SSSR count). The van der Waals surface area contributed by atoms with Crippen molar-refractivity contribution in [3.63, 3.8) is 0 Å². The number of sulfonamides is 2. The molecule has 0 aliphatic heterocycles. The number of nitrogens with zero attached hydrogens (tertiary/aromatic N) is 1. The number of para-hydroxylation sites is 2. The van der Waals surface area contributed by atoms with Gasteiger partial charge in [-0.25, -0.2) is 22.8 Å². The summed E-state index contributed by atoms with van der Waals surface area (Å²) in [6.07, 6.45) is 0. The molecule has 37 heavy (non-hydrogen) atoms. The van der Waals surface area contributed by atoms with Gasteiger partial charge in [-0.1, -0.05) is 47.5 Å². The minimum Gasteiger partial charge on any atom is -0.495 e. The lowest BCUT2D eigenvalue weighted by Gasteiger charge is -2.15. The first kappa shape index (κ1) is 25.9. The number of ether oxygens (including phenoxy) is 1. The Labute approximate surface area is 213 Å². The summed E-state index contributed by atoms with van der Waals surface area (Å²) >= 11 is 0. The van der Waals surface area contributed by atoms with Crippen LogP contribution in [0.5, 0.6) is 5.75 Å². The molecule has 0 aliphatic rings. The van der Waals surface area contributed by atoms with E-state index in [2.05, 4.69) is 14.9 Å². The van der Waals surface area contributed by atoms with Gasteiger partial charge in [0.1, 0.15) is 5.75 Å². The number of methoxy groups -OCH3 is 1. The molecule has 0 unspecified atom stereocenters. The van der Waals surface area contributed by atoms with Crippen LogP contribution in [0.2, 0.25) is 0 Å². The zero-order chi connectivity index (χ0) is 26.8. The van der Waals surface area contributed by atoms with Crippen molar-refractivity contribution < 1.29 is 26.0 Å². The van der Waals surface area contributed by atoms with Crippen LogP contribution in [0.25, 0.3) is 0 Å². The van der Waals surface area contributed by atoms with E-state index in [0.29, 0.717) is 16.1 Å². The molecule has 0 radical (unpaired) electrons. The van der Waals surface area contributed by atoms with Crippen LogP contribution in [0.15, 0.2) is 91.8 Å². The topological polar surface area (TPSA) is 149 Å². The van der Waals surface area contributed by atoms with E-state index in [1.54, 1.807) is 62.4 Å². The van der Waals surface area contributed by atoms with Gasteiger partial charge in [0.05, 0.1) is 22.6 Å². The molecule has 0 spiro atoms. The molecular formula is C24H24N4O7S2. The number of hydrogen-bond donors (Lipinski definition) is 3. The number of aromatic nitrogens is 1. The van der Waals surface area contributed by atoms with Crippen molar-refractivity contribution in [2.24, 2.45) is 0 Å². The van der Waals surface area contributed by atoms with E-state index >= 15 is 0 Å². The molecule has 0 saturated carbocycles. The maximum absolute atomic E-state index is 13.0. The lowest BCUT2D eigenvalue weighted by molar-refractivity contribution is 0.417. The van der Waals surface area contributed by atoms with Gasteiger partial charge in [-0.3, -0.25) is 0 Å². The minimum absolute atomic E-state index is 0.0861. The summed E-state index contributed by atoms with van der Waals surface area (Å²) in [5.74, 6) is -1.70. The summed E-state index contributed by atoms with van der Waals surface area (Å²) in [5.41, 5.74) is 2.00. The van der Waals surface area contributed by atoms with Gasteiger partial charge in [0, 0.05) is 0 Å². The molecular weight excluding hydrogens is 520 g/mol. The van der Waals surface area contributed by atoms with E-state index in [1.165, 1.54) is 31.4 Å². The van der Waals surface area contributed by atoms with E-state index < -0.39 is 31.7 Å². The van der Waals surface area contributed by atoms with E-state index in [4.69, 9.17) is 9.15 Å². The summed E-state index contributed by atoms with van der Waals surface area (Å²) in [4.78, 5) is 14.7. The van der Waals surface area contributed by atoms with Crippen molar-refractivity contribution in [2.45, 2.75) is 23.6 Å². The van der Waals surface area contributed by atoms with Gasteiger partial charge in [-0.05, 0) is 50.2 Å². The first-order valence-corrected chi connectivity index (χ1v) is 13.8. The maximum Gasteiger partial charge on any atom is 0.442 e. The van der Waals surface area contributed by atoms with Crippen LogP contribution in [0.4, 0.5) is 17.4 Å². The van der Waals surface area contributed by atoms with Gasteiger partial charge in [0.2, 0.25) is 0 Å². The SMILES string of the molecule is COc1ccccc1Nc1c(NS(=O)(=O)c2ccc(C)cc2)oc(=O)n1NS(=O)(=O)c1ccc(C)cc1. The molecule has 0 atom stereocenters. The summed E-state index contributed by atoms with van der Waals surface area (Å²) in [6, 6.07) is 18.5. The van der Waals surface area contributed by atoms with Gasteiger partial charge < -0.3 is 14.5 Å². The average Bonchev–Trinajstić information content (AvgIpc) is 3.12. The Morgan fingerprint density at radius 1 is 0.784 bits per heavy atom. The summed E-state index contributed by atoms with van der Waals surface area (Å²) in [7, 11) is -7.05. The van der Waals surface area contributed by atoms with Crippen molar-refractivity contribution in [1.82, 2.24) is 4.68 Å². The van der Waals surface area contributed by atoms with Gasteiger partial charge >= 0.3 is 5.76 Å². The van der Waals surface area contributed by atoms with Crippen molar-refractivity contribution in [1.29, 1.82) is 0 Å². The zero-order valence-electron chi connectivity index (χ0n) is 20.0. The molecule has 0 amide bonds. The molecule has 3 aromatic carbocycles. The zero-order valence-corrected chi connectivity index (χ0v) is 21.7. The lowest BCUT2D eigenvalue weighted by atomic mass is 10.2. The normalized spacial score (nSPS) is 11.6. The van der Waals surface area contributed by atoms with E-state index in [0.717, 1.165) is 11.1 Å². The predicted octanol–water partition coefficient (Wildman–Crippen LogP) is 3.54. The van der Waals surface area contributed by atoms with Crippen LogP contribution >= 0.6 is 0 Å². The third kappa shape index (κ3) is 5.62. The minimum atomic E-state index is -4.27. The Bertz CT molecular complexity index is 1690. The smallest absolute Gasteiger partial charge is 0.442 e. The maximum atomic E-state index is 13.0. The number of hydrogen-bond acceptors (Lipinski definition) is 8. The summed E-state index contributed by atoms with van der Waals surface area (Å²) in [5, 5.41) is 2.84. The molecule has 3 N–H and O–H groups in total. The highest BCUT2D eigenvalue weighted by Gasteiger charge is 2.27. The van der Waals surface area contributed by atoms with Crippen molar-refractivity contribution >= 4 is 37.4 Å². The average molecular weight is 545 g/mol. The van der Waals surface area contributed by atoms with Gasteiger partial charge in [-0.2, -0.15) is 13.1 Å². The highest BCUT2D eigenvalue weighted by Crippen LogP contribution is 2.32. The highest BCUT2D eigenvalue weighted by molar-refractivity contribution is 7.93. The van der Waals surface area contributed by atoms with Crippen LogP contribution in [0.1, 0.15) is 11.1 Å².